The second-order valence-electron chi connectivity index (χ2n) is 7.01. The zero-order chi connectivity index (χ0) is 20.8. The number of methoxy groups -OCH3 is 2. The van der Waals surface area contributed by atoms with Gasteiger partial charge in [-0.25, -0.2) is 4.39 Å². The fourth-order valence-electron chi connectivity index (χ4n) is 3.75. The lowest BCUT2D eigenvalue weighted by molar-refractivity contribution is 0.176. The number of hydrogen-bond acceptors (Lipinski definition) is 4. The van der Waals surface area contributed by atoms with Crippen LogP contribution in [-0.2, 0) is 13.0 Å². The van der Waals surface area contributed by atoms with Crippen molar-refractivity contribution in [1.82, 2.24) is 15.5 Å². The Morgan fingerprint density at radius 3 is 2.48 bits per heavy atom. The van der Waals surface area contributed by atoms with Crippen LogP contribution in [-0.4, -0.2) is 43.9 Å². The van der Waals surface area contributed by atoms with Crippen LogP contribution >= 0.6 is 12.2 Å². The number of fused-ring (bicyclic) bond motifs is 1. The Bertz CT molecular complexity index is 845. The van der Waals surface area contributed by atoms with Crippen molar-refractivity contribution in [3.05, 3.63) is 58.9 Å². The topological polar surface area (TPSA) is 45.8 Å². The van der Waals surface area contributed by atoms with Crippen LogP contribution in [0.4, 0.5) is 4.39 Å². The summed E-state index contributed by atoms with van der Waals surface area (Å²) in [6.07, 6.45) is 0.908. The average Bonchev–Trinajstić information content (AvgIpc) is 2.73. The third kappa shape index (κ3) is 5.16. The summed E-state index contributed by atoms with van der Waals surface area (Å²) in [5, 5.41) is 7.11. The quantitative estimate of drug-likeness (QED) is 0.673. The maximum absolute atomic E-state index is 13.3. The molecule has 29 heavy (non-hydrogen) atoms. The highest BCUT2D eigenvalue weighted by Gasteiger charge is 2.29. The van der Waals surface area contributed by atoms with E-state index < -0.39 is 0 Å². The monoisotopic (exact) mass is 417 g/mol. The van der Waals surface area contributed by atoms with Crippen LogP contribution in [0.1, 0.15) is 29.7 Å². The number of nitrogens with one attached hydrogen (secondary N) is 2. The number of thiocarbonyl (C=S) groups is 1. The van der Waals surface area contributed by atoms with Gasteiger partial charge in [0.25, 0.3) is 0 Å². The summed E-state index contributed by atoms with van der Waals surface area (Å²) in [5.74, 6) is 1.24. The zero-order valence-corrected chi connectivity index (χ0v) is 17.9. The van der Waals surface area contributed by atoms with Crippen LogP contribution in [0.25, 0.3) is 0 Å². The molecule has 0 aromatic heterocycles. The summed E-state index contributed by atoms with van der Waals surface area (Å²) >= 11 is 5.36. The SMILES string of the molecule is CCNC(=S)NC[C@@H]1c2cc(OC)c(OC)cc2CCN1Cc1ccc(F)cc1. The Hall–Kier alpha value is -2.38. The minimum absolute atomic E-state index is 0.0974. The first-order valence-corrected chi connectivity index (χ1v) is 10.2. The Morgan fingerprint density at radius 2 is 1.83 bits per heavy atom. The lowest BCUT2D eigenvalue weighted by atomic mass is 9.91. The van der Waals surface area contributed by atoms with Crippen molar-refractivity contribution in [2.45, 2.75) is 25.9 Å². The summed E-state index contributed by atoms with van der Waals surface area (Å²) in [4.78, 5) is 2.39. The normalized spacial score (nSPS) is 16.1. The van der Waals surface area contributed by atoms with Gasteiger partial charge >= 0.3 is 0 Å². The number of ether oxygens (including phenoxy) is 2. The van der Waals surface area contributed by atoms with Gasteiger partial charge in [0.15, 0.2) is 16.6 Å². The minimum atomic E-state index is -0.219. The van der Waals surface area contributed by atoms with Crippen molar-refractivity contribution in [1.29, 1.82) is 0 Å². The predicted molar refractivity (Wildman–Crippen MR) is 117 cm³/mol. The third-order valence-electron chi connectivity index (χ3n) is 5.21. The van der Waals surface area contributed by atoms with Gasteiger partial charge in [-0.2, -0.15) is 0 Å². The van der Waals surface area contributed by atoms with Crippen molar-refractivity contribution in [3.8, 4) is 11.5 Å². The molecule has 1 aliphatic heterocycles. The Morgan fingerprint density at radius 1 is 1.14 bits per heavy atom. The van der Waals surface area contributed by atoms with Gasteiger partial charge in [-0.1, -0.05) is 12.1 Å². The van der Waals surface area contributed by atoms with Crippen LogP contribution in [0, 0.1) is 5.82 Å². The molecule has 0 unspecified atom stereocenters. The van der Waals surface area contributed by atoms with E-state index in [0.717, 1.165) is 37.4 Å². The van der Waals surface area contributed by atoms with E-state index in [2.05, 4.69) is 27.7 Å². The van der Waals surface area contributed by atoms with Gasteiger partial charge in [-0.05, 0) is 66.5 Å². The van der Waals surface area contributed by atoms with E-state index in [1.54, 1.807) is 14.2 Å². The first-order valence-electron chi connectivity index (χ1n) is 9.80. The van der Waals surface area contributed by atoms with E-state index in [1.807, 2.05) is 19.1 Å². The molecule has 0 bridgehead atoms. The van der Waals surface area contributed by atoms with Crippen LogP contribution < -0.4 is 20.1 Å². The summed E-state index contributed by atoms with van der Waals surface area (Å²) < 4.78 is 24.3. The fourth-order valence-corrected chi connectivity index (χ4v) is 3.97. The largest absolute Gasteiger partial charge is 0.493 e. The minimum Gasteiger partial charge on any atom is -0.493 e. The van der Waals surface area contributed by atoms with Gasteiger partial charge in [0.2, 0.25) is 0 Å². The fraction of sp³-hybridized carbons (Fsp3) is 0.409. The molecule has 0 aliphatic carbocycles. The van der Waals surface area contributed by atoms with Crippen molar-refractivity contribution in [2.75, 3.05) is 33.9 Å². The van der Waals surface area contributed by atoms with Gasteiger partial charge in [-0.3, -0.25) is 4.90 Å². The van der Waals surface area contributed by atoms with E-state index in [0.29, 0.717) is 17.4 Å². The van der Waals surface area contributed by atoms with E-state index in [1.165, 1.54) is 23.3 Å². The number of halogens is 1. The molecule has 0 radical (unpaired) electrons. The molecule has 5 nitrogen and oxygen atoms in total. The molecule has 2 aromatic rings. The van der Waals surface area contributed by atoms with Crippen molar-refractivity contribution in [2.24, 2.45) is 0 Å². The summed E-state index contributed by atoms with van der Waals surface area (Å²) in [6.45, 7) is 5.07. The van der Waals surface area contributed by atoms with Crippen LogP contribution in [0.3, 0.4) is 0 Å². The van der Waals surface area contributed by atoms with Crippen molar-refractivity contribution in [3.63, 3.8) is 0 Å². The lowest BCUT2D eigenvalue weighted by Crippen LogP contribution is -2.44. The molecule has 0 saturated heterocycles. The molecule has 1 heterocycles. The summed E-state index contributed by atoms with van der Waals surface area (Å²) in [7, 11) is 3.30. The number of hydrogen-bond donors (Lipinski definition) is 2. The highest BCUT2D eigenvalue weighted by Crippen LogP contribution is 2.38. The molecule has 7 heteroatoms. The van der Waals surface area contributed by atoms with Gasteiger partial charge in [0.05, 0.1) is 20.3 Å². The predicted octanol–water partition coefficient (Wildman–Crippen LogP) is 3.43. The molecule has 1 atom stereocenters. The second kappa shape index (κ2) is 9.89. The second-order valence-corrected chi connectivity index (χ2v) is 7.42. The van der Waals surface area contributed by atoms with Gasteiger partial charge < -0.3 is 20.1 Å². The van der Waals surface area contributed by atoms with E-state index in [-0.39, 0.29) is 11.9 Å². The Balaban J connectivity index is 1.89. The lowest BCUT2D eigenvalue weighted by Gasteiger charge is -2.38. The Labute approximate surface area is 177 Å². The molecule has 0 fully saturated rings. The molecule has 1 aliphatic rings. The standard InChI is InChI=1S/C22H28FN3O2S/c1-4-24-22(29)25-13-19-18-12-21(28-3)20(27-2)11-16(18)9-10-26(19)14-15-5-7-17(23)8-6-15/h5-8,11-12,19H,4,9-10,13-14H2,1-3H3,(H2,24,25,29)/t19-/m1/s1. The molecule has 3 rings (SSSR count). The Kier molecular flexibility index (Phi) is 7.28. The molecule has 0 spiro atoms. The third-order valence-corrected chi connectivity index (χ3v) is 5.49. The van der Waals surface area contributed by atoms with E-state index >= 15 is 0 Å². The summed E-state index contributed by atoms with van der Waals surface area (Å²) in [6, 6.07) is 10.9. The molecular weight excluding hydrogens is 389 g/mol. The van der Waals surface area contributed by atoms with Crippen molar-refractivity contribution < 1.29 is 13.9 Å². The highest BCUT2D eigenvalue weighted by atomic mass is 32.1. The average molecular weight is 418 g/mol. The number of rotatable bonds is 7. The van der Waals surface area contributed by atoms with Crippen molar-refractivity contribution >= 4 is 17.3 Å². The molecular formula is C22H28FN3O2S. The number of benzene rings is 2. The van der Waals surface area contributed by atoms with Gasteiger partial charge in [-0.15, -0.1) is 0 Å². The maximum atomic E-state index is 13.3. The molecule has 156 valence electrons. The first kappa shape index (κ1) is 21.3. The zero-order valence-electron chi connectivity index (χ0n) is 17.1. The summed E-state index contributed by atoms with van der Waals surface area (Å²) in [5.41, 5.74) is 3.52. The molecule has 0 saturated carbocycles. The molecule has 0 amide bonds. The highest BCUT2D eigenvalue weighted by molar-refractivity contribution is 7.80. The van der Waals surface area contributed by atoms with Gasteiger partial charge in [0, 0.05) is 26.2 Å². The van der Waals surface area contributed by atoms with E-state index in [9.17, 15) is 4.39 Å². The van der Waals surface area contributed by atoms with Gasteiger partial charge in [0.1, 0.15) is 5.82 Å². The van der Waals surface area contributed by atoms with Crippen LogP contribution in [0.15, 0.2) is 36.4 Å². The van der Waals surface area contributed by atoms with Crippen LogP contribution in [0.2, 0.25) is 0 Å². The number of nitrogens with zero attached hydrogens (tertiary/aromatic N) is 1. The smallest absolute Gasteiger partial charge is 0.166 e. The molecule has 2 aromatic carbocycles. The maximum Gasteiger partial charge on any atom is 0.166 e. The first-order chi connectivity index (χ1) is 14.0. The molecule has 2 N–H and O–H groups in total. The van der Waals surface area contributed by atoms with Crippen LogP contribution in [0.5, 0.6) is 11.5 Å². The van der Waals surface area contributed by atoms with E-state index in [4.69, 9.17) is 21.7 Å².